The van der Waals surface area contributed by atoms with E-state index in [9.17, 15) is 19.7 Å². The summed E-state index contributed by atoms with van der Waals surface area (Å²) in [4.78, 5) is 33.2. The van der Waals surface area contributed by atoms with Crippen molar-refractivity contribution in [2.24, 2.45) is 0 Å². The third-order valence-electron chi connectivity index (χ3n) is 3.46. The van der Waals surface area contributed by atoms with E-state index in [4.69, 9.17) is 14.2 Å². The van der Waals surface area contributed by atoms with E-state index in [1.54, 1.807) is 31.2 Å². The summed E-state index contributed by atoms with van der Waals surface area (Å²) in [5.74, 6) is 0.164. The molecule has 0 saturated carbocycles. The normalized spacial score (nSPS) is 10.0. The summed E-state index contributed by atoms with van der Waals surface area (Å²) in [6.07, 6.45) is 0.360. The number of hydrogen-bond acceptors (Lipinski definition) is 7. The zero-order valence-corrected chi connectivity index (χ0v) is 15.3. The number of amides is 1. The van der Waals surface area contributed by atoms with Crippen LogP contribution in [0.25, 0.3) is 0 Å². The molecule has 0 aromatic heterocycles. The maximum atomic E-state index is 11.7. The minimum absolute atomic E-state index is 0.00573. The Morgan fingerprint density at radius 2 is 1.79 bits per heavy atom. The van der Waals surface area contributed by atoms with Gasteiger partial charge < -0.3 is 19.5 Å². The fourth-order valence-electron chi connectivity index (χ4n) is 2.08. The van der Waals surface area contributed by atoms with Gasteiger partial charge in [-0.1, -0.05) is 13.0 Å². The molecule has 0 aliphatic rings. The maximum absolute atomic E-state index is 11.7. The van der Waals surface area contributed by atoms with Crippen LogP contribution in [0.3, 0.4) is 0 Å². The van der Waals surface area contributed by atoms with Crippen molar-refractivity contribution in [2.45, 2.75) is 13.3 Å². The first-order chi connectivity index (χ1) is 13.5. The summed E-state index contributed by atoms with van der Waals surface area (Å²) in [5, 5.41) is 13.3. The molecule has 28 heavy (non-hydrogen) atoms. The first-order valence-electron chi connectivity index (χ1n) is 8.53. The van der Waals surface area contributed by atoms with Gasteiger partial charge in [-0.05, 0) is 24.3 Å². The topological polar surface area (TPSA) is 117 Å². The van der Waals surface area contributed by atoms with Crippen LogP contribution in [0.2, 0.25) is 0 Å². The molecule has 0 saturated heterocycles. The first kappa shape index (κ1) is 20.7. The van der Waals surface area contributed by atoms with E-state index in [1.807, 2.05) is 0 Å². The highest BCUT2D eigenvalue weighted by atomic mass is 16.6. The van der Waals surface area contributed by atoms with Crippen LogP contribution in [0, 0.1) is 10.1 Å². The van der Waals surface area contributed by atoms with Crippen molar-refractivity contribution in [2.75, 3.05) is 25.1 Å². The highest BCUT2D eigenvalue weighted by Crippen LogP contribution is 2.18. The van der Waals surface area contributed by atoms with Crippen LogP contribution in [0.4, 0.5) is 11.4 Å². The lowest BCUT2D eigenvalue weighted by molar-refractivity contribution is -0.384. The Morgan fingerprint density at radius 1 is 1.04 bits per heavy atom. The van der Waals surface area contributed by atoms with Crippen LogP contribution in [-0.4, -0.2) is 36.6 Å². The second-order valence-electron chi connectivity index (χ2n) is 5.54. The number of hydrogen-bond donors (Lipinski definition) is 1. The zero-order chi connectivity index (χ0) is 20.4. The lowest BCUT2D eigenvalue weighted by Crippen LogP contribution is -2.18. The number of carbonyl (C=O) groups excluding carboxylic acids is 2. The number of nitro benzene ring substituents is 1. The Morgan fingerprint density at radius 3 is 2.46 bits per heavy atom. The lowest BCUT2D eigenvalue weighted by Gasteiger charge is -2.09. The van der Waals surface area contributed by atoms with Gasteiger partial charge in [-0.3, -0.25) is 14.9 Å². The molecule has 0 fully saturated rings. The van der Waals surface area contributed by atoms with Gasteiger partial charge in [-0.25, -0.2) is 4.79 Å². The Balaban J connectivity index is 1.68. The lowest BCUT2D eigenvalue weighted by atomic mass is 10.3. The summed E-state index contributed by atoms with van der Waals surface area (Å²) in [6, 6.07) is 12.3. The predicted molar refractivity (Wildman–Crippen MR) is 100 cm³/mol. The Labute approximate surface area is 161 Å². The minimum atomic E-state index is -0.574. The highest BCUT2D eigenvalue weighted by molar-refractivity contribution is 5.90. The summed E-state index contributed by atoms with van der Waals surface area (Å²) in [5.41, 5.74) is 0.545. The molecule has 0 spiro atoms. The number of benzene rings is 2. The van der Waals surface area contributed by atoms with Crippen molar-refractivity contribution in [3.8, 4) is 11.5 Å². The second-order valence-corrected chi connectivity index (χ2v) is 5.54. The van der Waals surface area contributed by atoms with Crippen LogP contribution >= 0.6 is 0 Å². The van der Waals surface area contributed by atoms with Gasteiger partial charge in [-0.15, -0.1) is 0 Å². The van der Waals surface area contributed by atoms with Gasteiger partial charge in [-0.2, -0.15) is 0 Å². The van der Waals surface area contributed by atoms with E-state index < -0.39 is 10.9 Å². The molecule has 0 atom stereocenters. The molecule has 0 bridgehead atoms. The van der Waals surface area contributed by atoms with Crippen molar-refractivity contribution in [1.29, 1.82) is 0 Å². The van der Waals surface area contributed by atoms with Crippen LogP contribution in [0.15, 0.2) is 48.5 Å². The maximum Gasteiger partial charge on any atom is 0.344 e. The molecule has 2 aromatic rings. The molecule has 0 aliphatic carbocycles. The van der Waals surface area contributed by atoms with Gasteiger partial charge >= 0.3 is 5.97 Å². The standard InChI is InChI=1S/C19H20N2O7/c1-2-18(22)20-14-4-3-5-17(12-14)28-13-19(23)27-11-10-26-16-8-6-15(7-9-16)21(24)25/h3-9,12H,2,10-11,13H2,1H3,(H,20,22). The van der Waals surface area contributed by atoms with Crippen molar-refractivity contribution in [1.82, 2.24) is 0 Å². The summed E-state index contributed by atoms with van der Waals surface area (Å²) in [7, 11) is 0. The Hall–Kier alpha value is -3.62. The van der Waals surface area contributed by atoms with E-state index >= 15 is 0 Å². The quantitative estimate of drug-likeness (QED) is 0.288. The van der Waals surface area contributed by atoms with E-state index in [1.165, 1.54) is 24.3 Å². The molecule has 1 amide bonds. The second kappa shape index (κ2) is 10.5. The minimum Gasteiger partial charge on any atom is -0.490 e. The summed E-state index contributed by atoms with van der Waals surface area (Å²) >= 11 is 0. The molecular weight excluding hydrogens is 368 g/mol. The van der Waals surface area contributed by atoms with Crippen LogP contribution in [0.5, 0.6) is 11.5 Å². The average molecular weight is 388 g/mol. The summed E-state index contributed by atoms with van der Waals surface area (Å²) in [6.45, 7) is 1.56. The van der Waals surface area contributed by atoms with Crippen LogP contribution in [-0.2, 0) is 14.3 Å². The van der Waals surface area contributed by atoms with Crippen LogP contribution < -0.4 is 14.8 Å². The zero-order valence-electron chi connectivity index (χ0n) is 15.3. The molecule has 0 heterocycles. The van der Waals surface area contributed by atoms with Crippen molar-refractivity contribution < 1.29 is 28.7 Å². The number of esters is 1. The molecule has 148 valence electrons. The average Bonchev–Trinajstić information content (AvgIpc) is 2.70. The van der Waals surface area contributed by atoms with E-state index in [0.717, 1.165) is 0 Å². The Kier molecular flexibility index (Phi) is 7.77. The number of carbonyl (C=O) groups is 2. The number of rotatable bonds is 10. The smallest absolute Gasteiger partial charge is 0.344 e. The van der Waals surface area contributed by atoms with Gasteiger partial charge in [0.25, 0.3) is 5.69 Å². The summed E-state index contributed by atoms with van der Waals surface area (Å²) < 4.78 is 15.7. The molecule has 9 heteroatoms. The monoisotopic (exact) mass is 388 g/mol. The van der Waals surface area contributed by atoms with Gasteiger partial charge in [0.05, 0.1) is 4.92 Å². The molecule has 0 unspecified atom stereocenters. The van der Waals surface area contributed by atoms with Gasteiger partial charge in [0.1, 0.15) is 24.7 Å². The van der Waals surface area contributed by atoms with Crippen molar-refractivity contribution >= 4 is 23.3 Å². The number of anilines is 1. The third-order valence-corrected chi connectivity index (χ3v) is 3.46. The highest BCUT2D eigenvalue weighted by Gasteiger charge is 2.07. The van der Waals surface area contributed by atoms with Crippen LogP contribution in [0.1, 0.15) is 13.3 Å². The predicted octanol–water partition coefficient (Wildman–Crippen LogP) is 2.94. The number of nitro groups is 1. The first-order valence-corrected chi connectivity index (χ1v) is 8.53. The van der Waals surface area contributed by atoms with E-state index in [-0.39, 0.29) is 31.4 Å². The van der Waals surface area contributed by atoms with Gasteiger partial charge in [0, 0.05) is 30.3 Å². The van der Waals surface area contributed by atoms with Gasteiger partial charge in [0.2, 0.25) is 5.91 Å². The molecule has 2 rings (SSSR count). The van der Waals surface area contributed by atoms with Crippen molar-refractivity contribution in [3.63, 3.8) is 0 Å². The number of nitrogens with zero attached hydrogens (tertiary/aromatic N) is 1. The molecule has 0 radical (unpaired) electrons. The molecular formula is C19H20N2O7. The fraction of sp³-hybridized carbons (Fsp3) is 0.263. The fourth-order valence-corrected chi connectivity index (χ4v) is 2.08. The molecule has 2 aromatic carbocycles. The molecule has 0 aliphatic heterocycles. The largest absolute Gasteiger partial charge is 0.490 e. The van der Waals surface area contributed by atoms with E-state index in [0.29, 0.717) is 23.6 Å². The molecule has 1 N–H and O–H groups in total. The van der Waals surface area contributed by atoms with E-state index in [2.05, 4.69) is 5.32 Å². The SMILES string of the molecule is CCC(=O)Nc1cccc(OCC(=O)OCCOc2ccc([N+](=O)[O-])cc2)c1. The number of nitrogens with one attached hydrogen (secondary N) is 1. The third kappa shape index (κ3) is 6.94. The number of ether oxygens (including phenoxy) is 3. The Bertz CT molecular complexity index is 821. The molecule has 9 nitrogen and oxygen atoms in total. The number of non-ortho nitro benzene ring substituents is 1. The van der Waals surface area contributed by atoms with Crippen molar-refractivity contribution in [3.05, 3.63) is 58.6 Å². The van der Waals surface area contributed by atoms with Gasteiger partial charge in [0.15, 0.2) is 6.61 Å².